The average molecular weight is 272 g/mol. The van der Waals surface area contributed by atoms with E-state index in [1.165, 1.54) is 25.4 Å². The molecule has 1 rings (SSSR count). The lowest BCUT2D eigenvalue weighted by Gasteiger charge is -2.09. The Morgan fingerprint density at radius 1 is 1.50 bits per heavy atom. The Bertz CT molecular complexity index is 516. The van der Waals surface area contributed by atoms with Crippen molar-refractivity contribution in [3.05, 3.63) is 24.0 Å². The molecule has 18 heavy (non-hydrogen) atoms. The molecule has 0 bridgehead atoms. The van der Waals surface area contributed by atoms with Crippen LogP contribution in [0.2, 0.25) is 0 Å². The quantitative estimate of drug-likeness (QED) is 0.611. The Hall–Kier alpha value is -1.51. The summed E-state index contributed by atoms with van der Waals surface area (Å²) in [7, 11) is -2.19. The number of hydrogen-bond acceptors (Lipinski definition) is 5. The van der Waals surface area contributed by atoms with E-state index in [2.05, 4.69) is 15.0 Å². The second-order valence-corrected chi connectivity index (χ2v) is 5.21. The third kappa shape index (κ3) is 3.76. The molecule has 0 radical (unpaired) electrons. The Morgan fingerprint density at radius 2 is 2.22 bits per heavy atom. The molecule has 4 N–H and O–H groups in total. The summed E-state index contributed by atoms with van der Waals surface area (Å²) >= 11 is 0. The van der Waals surface area contributed by atoms with Crippen LogP contribution in [-0.2, 0) is 21.4 Å². The number of carbonyl (C=O) groups is 1. The van der Waals surface area contributed by atoms with Crippen molar-refractivity contribution < 1.29 is 13.2 Å². The molecular formula is C10H16N4O3S. The Balaban J connectivity index is 2.77. The first-order valence-corrected chi connectivity index (χ1v) is 6.83. The summed E-state index contributed by atoms with van der Waals surface area (Å²) in [5.74, 6) is -0.233. The lowest BCUT2D eigenvalue weighted by atomic mass is 10.3. The minimum Gasteiger partial charge on any atom is -0.359 e. The number of rotatable bonds is 6. The molecule has 0 unspecified atom stereocenters. The Kier molecular flexibility index (Phi) is 5.20. The van der Waals surface area contributed by atoms with Crippen LogP contribution in [0.3, 0.4) is 0 Å². The number of pyridine rings is 1. The normalized spacial score (nSPS) is 11.2. The molecule has 100 valence electrons. The number of sulfonamides is 1. The second-order valence-electron chi connectivity index (χ2n) is 3.47. The fourth-order valence-corrected chi connectivity index (χ4v) is 2.55. The molecule has 0 aliphatic carbocycles. The van der Waals surface area contributed by atoms with Gasteiger partial charge in [0.05, 0.1) is 5.69 Å². The fraction of sp³-hybridized carbons (Fsp3) is 0.400. The first-order valence-electron chi connectivity index (χ1n) is 5.35. The molecule has 0 saturated heterocycles. The van der Waals surface area contributed by atoms with Crippen LogP contribution in [0.4, 0.5) is 0 Å². The van der Waals surface area contributed by atoms with Gasteiger partial charge in [0.15, 0.2) is 0 Å². The zero-order valence-electron chi connectivity index (χ0n) is 10.0. The molecule has 0 fully saturated rings. The number of nitrogens with one attached hydrogen (secondary N) is 2. The van der Waals surface area contributed by atoms with Gasteiger partial charge in [0.2, 0.25) is 15.9 Å². The number of nitrogens with two attached hydrogens (primary N) is 1. The summed E-state index contributed by atoms with van der Waals surface area (Å²) in [5, 5.41) is 2.41. The predicted molar refractivity (Wildman–Crippen MR) is 66.0 cm³/mol. The predicted octanol–water partition coefficient (Wildman–Crippen LogP) is -1.05. The lowest BCUT2D eigenvalue weighted by molar-refractivity contribution is -0.120. The molecule has 0 atom stereocenters. The van der Waals surface area contributed by atoms with Crippen LogP contribution in [-0.4, -0.2) is 32.9 Å². The molecule has 7 nitrogen and oxygen atoms in total. The van der Waals surface area contributed by atoms with Crippen molar-refractivity contribution >= 4 is 15.9 Å². The van der Waals surface area contributed by atoms with E-state index in [0.717, 1.165) is 0 Å². The van der Waals surface area contributed by atoms with E-state index in [1.54, 1.807) is 0 Å². The van der Waals surface area contributed by atoms with E-state index < -0.39 is 10.0 Å². The zero-order valence-corrected chi connectivity index (χ0v) is 10.8. The van der Waals surface area contributed by atoms with Crippen molar-refractivity contribution in [2.45, 2.75) is 17.9 Å². The fourth-order valence-electron chi connectivity index (χ4n) is 1.32. The summed E-state index contributed by atoms with van der Waals surface area (Å²) in [4.78, 5) is 14.9. The Labute approximate surface area is 106 Å². The van der Waals surface area contributed by atoms with E-state index in [0.29, 0.717) is 5.69 Å². The van der Waals surface area contributed by atoms with E-state index in [9.17, 15) is 13.2 Å². The van der Waals surface area contributed by atoms with Gasteiger partial charge in [-0.15, -0.1) is 0 Å². The lowest BCUT2D eigenvalue weighted by Crippen LogP contribution is -2.30. The molecule has 0 spiro atoms. The summed E-state index contributed by atoms with van der Waals surface area (Å²) in [6.45, 7) is 0.0629. The largest absolute Gasteiger partial charge is 0.359 e. The molecule has 8 heteroatoms. The number of hydrogen-bond donors (Lipinski definition) is 3. The van der Waals surface area contributed by atoms with Crippen molar-refractivity contribution in [2.75, 3.05) is 13.6 Å². The highest BCUT2D eigenvalue weighted by Crippen LogP contribution is 2.11. The van der Waals surface area contributed by atoms with Crippen LogP contribution in [0.5, 0.6) is 0 Å². The van der Waals surface area contributed by atoms with Crippen molar-refractivity contribution in [3.8, 4) is 0 Å². The number of nitrogens with zero attached hydrogens (tertiary/aromatic N) is 1. The van der Waals surface area contributed by atoms with Crippen molar-refractivity contribution in [3.63, 3.8) is 0 Å². The maximum absolute atomic E-state index is 11.9. The average Bonchev–Trinajstić information content (AvgIpc) is 2.38. The highest BCUT2D eigenvalue weighted by Gasteiger charge is 2.18. The van der Waals surface area contributed by atoms with Crippen LogP contribution >= 0.6 is 0 Å². The summed E-state index contributed by atoms with van der Waals surface area (Å²) < 4.78 is 26.2. The molecular weight excluding hydrogens is 256 g/mol. The highest BCUT2D eigenvalue weighted by atomic mass is 32.2. The molecule has 1 heterocycles. The van der Waals surface area contributed by atoms with Gasteiger partial charge in [-0.25, -0.2) is 13.1 Å². The van der Waals surface area contributed by atoms with Gasteiger partial charge in [-0.05, 0) is 12.1 Å². The van der Waals surface area contributed by atoms with Gasteiger partial charge in [0, 0.05) is 32.8 Å². The monoisotopic (exact) mass is 272 g/mol. The second kappa shape index (κ2) is 6.43. The van der Waals surface area contributed by atoms with Crippen LogP contribution in [0.25, 0.3) is 0 Å². The van der Waals surface area contributed by atoms with Crippen molar-refractivity contribution in [2.24, 2.45) is 5.73 Å². The van der Waals surface area contributed by atoms with Gasteiger partial charge >= 0.3 is 0 Å². The summed E-state index contributed by atoms with van der Waals surface area (Å²) in [6, 6.07) is 2.95. The SMILES string of the molecule is CNC(=O)CCNS(=O)(=O)c1cccnc1CN. The highest BCUT2D eigenvalue weighted by molar-refractivity contribution is 7.89. The number of aromatic nitrogens is 1. The van der Waals surface area contributed by atoms with Gasteiger partial charge in [-0.2, -0.15) is 0 Å². The summed E-state index contributed by atoms with van der Waals surface area (Å²) in [5.41, 5.74) is 5.72. The molecule has 0 aliphatic rings. The minimum absolute atomic E-state index is 0.0287. The first kappa shape index (κ1) is 14.6. The maximum Gasteiger partial charge on any atom is 0.242 e. The molecule has 1 amide bonds. The third-order valence-electron chi connectivity index (χ3n) is 2.25. The smallest absolute Gasteiger partial charge is 0.242 e. The van der Waals surface area contributed by atoms with Crippen molar-refractivity contribution in [1.29, 1.82) is 0 Å². The van der Waals surface area contributed by atoms with E-state index in [4.69, 9.17) is 5.73 Å². The van der Waals surface area contributed by atoms with E-state index in [1.807, 2.05) is 0 Å². The zero-order chi connectivity index (χ0) is 13.6. The van der Waals surface area contributed by atoms with Gasteiger partial charge in [-0.3, -0.25) is 9.78 Å². The molecule has 0 aromatic carbocycles. The van der Waals surface area contributed by atoms with E-state index in [-0.39, 0.29) is 30.3 Å². The third-order valence-corrected chi connectivity index (χ3v) is 3.79. The first-order chi connectivity index (χ1) is 8.51. The van der Waals surface area contributed by atoms with Crippen LogP contribution in [0.1, 0.15) is 12.1 Å². The summed E-state index contributed by atoms with van der Waals surface area (Å²) in [6.07, 6.45) is 1.56. The van der Waals surface area contributed by atoms with Gasteiger partial charge in [0.1, 0.15) is 4.90 Å². The molecule has 0 saturated carbocycles. The maximum atomic E-state index is 11.9. The van der Waals surface area contributed by atoms with Gasteiger partial charge in [0.25, 0.3) is 0 Å². The Morgan fingerprint density at radius 3 is 2.83 bits per heavy atom. The topological polar surface area (TPSA) is 114 Å². The number of carbonyl (C=O) groups excluding carboxylic acids is 1. The standard InChI is InChI=1S/C10H16N4O3S/c1-12-10(15)4-6-14-18(16,17)9-3-2-5-13-8(9)7-11/h2-3,5,14H,4,6-7,11H2,1H3,(H,12,15). The van der Waals surface area contributed by atoms with Crippen LogP contribution < -0.4 is 15.8 Å². The molecule has 1 aromatic rings. The van der Waals surface area contributed by atoms with E-state index >= 15 is 0 Å². The molecule has 1 aromatic heterocycles. The molecule has 0 aliphatic heterocycles. The van der Waals surface area contributed by atoms with Crippen LogP contribution in [0, 0.1) is 0 Å². The van der Waals surface area contributed by atoms with Gasteiger partial charge < -0.3 is 11.1 Å². The number of amides is 1. The van der Waals surface area contributed by atoms with Gasteiger partial charge in [-0.1, -0.05) is 0 Å². The van der Waals surface area contributed by atoms with Crippen LogP contribution in [0.15, 0.2) is 23.2 Å². The minimum atomic E-state index is -3.68. The van der Waals surface area contributed by atoms with Crippen molar-refractivity contribution in [1.82, 2.24) is 15.0 Å².